The average molecular weight is 485 g/mol. The predicted octanol–water partition coefficient (Wildman–Crippen LogP) is 2.80. The van der Waals surface area contributed by atoms with Crippen LogP contribution in [0.5, 0.6) is 11.5 Å². The van der Waals surface area contributed by atoms with E-state index in [1.807, 2.05) is 25.1 Å². The number of hydrogen-bond acceptors (Lipinski definition) is 9. The normalized spacial score (nSPS) is 14.1. The third kappa shape index (κ3) is 5.48. The molecule has 180 valence electrons. The van der Waals surface area contributed by atoms with E-state index in [1.54, 1.807) is 25.3 Å². The number of nitrogens with zero attached hydrogens (tertiary/aromatic N) is 5. The number of ether oxygens (including phenoxy) is 2. The number of piperazine rings is 1. The molecule has 1 aromatic carbocycles. The van der Waals surface area contributed by atoms with Crippen LogP contribution in [0.1, 0.15) is 13.8 Å². The topological polar surface area (TPSA) is 110 Å². The van der Waals surface area contributed by atoms with Gasteiger partial charge in [0, 0.05) is 38.4 Å². The van der Waals surface area contributed by atoms with Gasteiger partial charge in [0.05, 0.1) is 31.3 Å². The first-order chi connectivity index (χ1) is 16.5. The van der Waals surface area contributed by atoms with E-state index in [1.165, 1.54) is 18.5 Å². The first kappa shape index (κ1) is 23.6. The van der Waals surface area contributed by atoms with Gasteiger partial charge >= 0.3 is 0 Å². The van der Waals surface area contributed by atoms with Crippen LogP contribution in [0.3, 0.4) is 0 Å². The molecule has 0 saturated carbocycles. The zero-order chi connectivity index (χ0) is 24.0. The Bertz CT molecular complexity index is 1180. The lowest BCUT2D eigenvalue weighted by Gasteiger charge is -2.35. The van der Waals surface area contributed by atoms with Crippen molar-refractivity contribution < 1.29 is 17.9 Å². The Kier molecular flexibility index (Phi) is 7.31. The van der Waals surface area contributed by atoms with Gasteiger partial charge in [-0.1, -0.05) is 6.07 Å². The highest BCUT2D eigenvalue weighted by Gasteiger charge is 2.23. The van der Waals surface area contributed by atoms with Gasteiger partial charge in [0.2, 0.25) is 5.95 Å². The smallest absolute Gasteiger partial charge is 0.265 e. The fourth-order valence-corrected chi connectivity index (χ4v) is 4.81. The molecule has 0 atom stereocenters. The Balaban J connectivity index is 1.42. The van der Waals surface area contributed by atoms with Crippen molar-refractivity contribution in [2.45, 2.75) is 18.7 Å². The van der Waals surface area contributed by atoms with Crippen LogP contribution >= 0.6 is 0 Å². The fourth-order valence-electron chi connectivity index (χ4n) is 3.66. The minimum Gasteiger partial charge on any atom is -0.494 e. The van der Waals surface area contributed by atoms with E-state index in [-0.39, 0.29) is 16.3 Å². The summed E-state index contributed by atoms with van der Waals surface area (Å²) in [4.78, 5) is 17.5. The molecule has 4 rings (SSSR count). The molecule has 0 amide bonds. The van der Waals surface area contributed by atoms with Gasteiger partial charge in [-0.3, -0.25) is 4.72 Å². The molecular weight excluding hydrogens is 456 g/mol. The van der Waals surface area contributed by atoms with Crippen LogP contribution < -0.4 is 24.0 Å². The SMILES string of the molecule is CCOc1ccc(S(=O)(=O)Nc2cnc(N3CCN(c4ccccn4)CC3)nc2)c(OCC)c1. The molecular formula is C23H28N6O4S. The van der Waals surface area contributed by atoms with Crippen molar-refractivity contribution in [1.29, 1.82) is 0 Å². The molecule has 34 heavy (non-hydrogen) atoms. The lowest BCUT2D eigenvalue weighted by atomic mass is 10.3. The molecule has 0 aliphatic carbocycles. The summed E-state index contributed by atoms with van der Waals surface area (Å²) < 4.78 is 39.6. The number of benzene rings is 1. The van der Waals surface area contributed by atoms with Crippen LogP contribution in [0, 0.1) is 0 Å². The molecule has 0 radical (unpaired) electrons. The first-order valence-electron chi connectivity index (χ1n) is 11.2. The van der Waals surface area contributed by atoms with Gasteiger partial charge in [-0.2, -0.15) is 0 Å². The van der Waals surface area contributed by atoms with Gasteiger partial charge < -0.3 is 19.3 Å². The number of aromatic nitrogens is 3. The Hall–Kier alpha value is -3.60. The number of hydrogen-bond donors (Lipinski definition) is 1. The molecule has 0 spiro atoms. The minimum atomic E-state index is -3.91. The molecule has 1 saturated heterocycles. The van der Waals surface area contributed by atoms with Gasteiger partial charge in [0.15, 0.2) is 0 Å². The summed E-state index contributed by atoms with van der Waals surface area (Å²) in [5.41, 5.74) is 0.271. The third-order valence-electron chi connectivity index (χ3n) is 5.24. The van der Waals surface area contributed by atoms with Gasteiger partial charge in [0.25, 0.3) is 10.0 Å². The summed E-state index contributed by atoms with van der Waals surface area (Å²) in [5.74, 6) is 2.28. The second-order valence-corrected chi connectivity index (χ2v) is 9.16. The standard InChI is InChI=1S/C23H28N6O4S/c1-3-32-19-8-9-21(20(15-19)33-4-2)34(30,31)27-18-16-25-23(26-17-18)29-13-11-28(12-14-29)22-7-5-6-10-24-22/h5-10,15-17,27H,3-4,11-14H2,1-2H3. The summed E-state index contributed by atoms with van der Waals surface area (Å²) in [6, 6.07) is 10.5. The summed E-state index contributed by atoms with van der Waals surface area (Å²) in [5, 5.41) is 0. The highest BCUT2D eigenvalue weighted by atomic mass is 32.2. The largest absolute Gasteiger partial charge is 0.494 e. The molecule has 10 nitrogen and oxygen atoms in total. The molecule has 2 aromatic heterocycles. The number of nitrogens with one attached hydrogen (secondary N) is 1. The van der Waals surface area contributed by atoms with Crippen molar-refractivity contribution in [3.8, 4) is 11.5 Å². The maximum atomic E-state index is 13.0. The minimum absolute atomic E-state index is 0.0209. The Labute approximate surface area is 199 Å². The Morgan fingerprint density at radius 1 is 0.912 bits per heavy atom. The molecule has 0 bridgehead atoms. The molecule has 3 aromatic rings. The highest BCUT2D eigenvalue weighted by molar-refractivity contribution is 7.92. The average Bonchev–Trinajstić information content (AvgIpc) is 2.85. The van der Waals surface area contributed by atoms with Crippen molar-refractivity contribution in [2.75, 3.05) is 53.9 Å². The zero-order valence-corrected chi connectivity index (χ0v) is 20.0. The number of rotatable bonds is 9. The Morgan fingerprint density at radius 2 is 1.62 bits per heavy atom. The monoisotopic (exact) mass is 484 g/mol. The van der Waals surface area contributed by atoms with E-state index in [4.69, 9.17) is 9.47 Å². The van der Waals surface area contributed by atoms with Crippen molar-refractivity contribution >= 4 is 27.5 Å². The molecule has 1 N–H and O–H groups in total. The van der Waals surface area contributed by atoms with Crippen LogP contribution in [0.25, 0.3) is 0 Å². The fraction of sp³-hybridized carbons (Fsp3) is 0.348. The lowest BCUT2D eigenvalue weighted by molar-refractivity contribution is 0.317. The summed E-state index contributed by atoms with van der Waals surface area (Å²) in [6.45, 7) is 7.52. The first-order valence-corrected chi connectivity index (χ1v) is 12.6. The molecule has 1 aliphatic heterocycles. The maximum Gasteiger partial charge on any atom is 0.265 e. The summed E-state index contributed by atoms with van der Waals surface area (Å²) in [6.07, 6.45) is 4.73. The Morgan fingerprint density at radius 3 is 2.26 bits per heavy atom. The van der Waals surface area contributed by atoms with Crippen LogP contribution in [0.2, 0.25) is 0 Å². The summed E-state index contributed by atoms with van der Waals surface area (Å²) in [7, 11) is -3.91. The van der Waals surface area contributed by atoms with E-state index in [0.717, 1.165) is 32.0 Å². The zero-order valence-electron chi connectivity index (χ0n) is 19.2. The van der Waals surface area contributed by atoms with E-state index < -0.39 is 10.0 Å². The van der Waals surface area contributed by atoms with Crippen molar-refractivity contribution in [3.63, 3.8) is 0 Å². The van der Waals surface area contributed by atoms with E-state index in [9.17, 15) is 8.42 Å². The van der Waals surface area contributed by atoms with Crippen molar-refractivity contribution in [1.82, 2.24) is 15.0 Å². The molecule has 11 heteroatoms. The highest BCUT2D eigenvalue weighted by Crippen LogP contribution is 2.30. The van der Waals surface area contributed by atoms with Crippen LogP contribution in [-0.2, 0) is 10.0 Å². The lowest BCUT2D eigenvalue weighted by Crippen LogP contribution is -2.47. The maximum absolute atomic E-state index is 13.0. The van der Waals surface area contributed by atoms with Gasteiger partial charge in [-0.05, 0) is 38.1 Å². The van der Waals surface area contributed by atoms with E-state index in [0.29, 0.717) is 24.9 Å². The predicted molar refractivity (Wildman–Crippen MR) is 130 cm³/mol. The number of pyridine rings is 1. The van der Waals surface area contributed by atoms with Crippen LogP contribution in [0.4, 0.5) is 17.5 Å². The van der Waals surface area contributed by atoms with Crippen LogP contribution in [0.15, 0.2) is 59.9 Å². The van der Waals surface area contributed by atoms with Crippen molar-refractivity contribution in [2.24, 2.45) is 0 Å². The van der Waals surface area contributed by atoms with Gasteiger partial charge in [-0.25, -0.2) is 23.4 Å². The van der Waals surface area contributed by atoms with Gasteiger partial charge in [0.1, 0.15) is 22.2 Å². The van der Waals surface area contributed by atoms with E-state index in [2.05, 4.69) is 29.5 Å². The quantitative estimate of drug-likeness (QED) is 0.490. The molecule has 0 unspecified atom stereocenters. The third-order valence-corrected chi connectivity index (χ3v) is 6.66. The van der Waals surface area contributed by atoms with Gasteiger partial charge in [-0.15, -0.1) is 0 Å². The second kappa shape index (κ2) is 10.6. The van der Waals surface area contributed by atoms with E-state index >= 15 is 0 Å². The number of sulfonamides is 1. The molecule has 1 aliphatic rings. The second-order valence-electron chi connectivity index (χ2n) is 7.51. The molecule has 1 fully saturated rings. The summed E-state index contributed by atoms with van der Waals surface area (Å²) >= 11 is 0. The number of anilines is 3. The van der Waals surface area contributed by atoms with Crippen LogP contribution in [-0.4, -0.2) is 62.8 Å². The molecule has 3 heterocycles. The van der Waals surface area contributed by atoms with Crippen molar-refractivity contribution in [3.05, 3.63) is 55.0 Å².